The number of aryl methyl sites for hydroxylation is 1. The highest BCUT2D eigenvalue weighted by molar-refractivity contribution is 7.99. The molecule has 2 aromatic carbocycles. The third-order valence-electron chi connectivity index (χ3n) is 4.90. The monoisotopic (exact) mass is 499 g/mol. The van der Waals surface area contributed by atoms with Crippen molar-refractivity contribution < 1.29 is 18.0 Å². The fraction of sp³-hybridized carbons (Fsp3) is 0.174. The molecule has 0 bridgehead atoms. The summed E-state index contributed by atoms with van der Waals surface area (Å²) in [6.07, 6.45) is -0.294. The van der Waals surface area contributed by atoms with E-state index in [-0.39, 0.29) is 17.1 Å². The number of hydrogen-bond acceptors (Lipinski definition) is 6. The van der Waals surface area contributed by atoms with Gasteiger partial charge in [-0.15, -0.1) is 16.8 Å². The second kappa shape index (κ2) is 10.1. The second-order valence-electron chi connectivity index (χ2n) is 7.48. The maximum Gasteiger partial charge on any atom is 0.416 e. The fourth-order valence-electron chi connectivity index (χ4n) is 3.35. The summed E-state index contributed by atoms with van der Waals surface area (Å²) in [5, 5.41) is 15.4. The molecule has 0 unspecified atom stereocenters. The molecule has 0 aliphatic heterocycles. The Kier molecular flexibility index (Phi) is 7.01. The van der Waals surface area contributed by atoms with Gasteiger partial charge in [0.2, 0.25) is 5.91 Å². The lowest BCUT2D eigenvalue weighted by atomic mass is 10.1. The number of halogens is 3. The highest BCUT2D eigenvalue weighted by Crippen LogP contribution is 2.33. The second-order valence-corrected chi connectivity index (χ2v) is 8.42. The van der Waals surface area contributed by atoms with E-state index in [4.69, 9.17) is 0 Å². The van der Waals surface area contributed by atoms with Crippen molar-refractivity contribution in [3.8, 4) is 17.1 Å². The Morgan fingerprint density at radius 2 is 2.03 bits per heavy atom. The lowest BCUT2D eigenvalue weighted by Crippen LogP contribution is -2.17. The Bertz CT molecular complexity index is 1350. The van der Waals surface area contributed by atoms with Gasteiger partial charge in [0.25, 0.3) is 0 Å². The van der Waals surface area contributed by atoms with Gasteiger partial charge in [0, 0.05) is 12.1 Å². The fourth-order valence-corrected chi connectivity index (χ4v) is 4.10. The summed E-state index contributed by atoms with van der Waals surface area (Å²) in [5.74, 6) is 0.0136. The molecule has 0 radical (unpaired) electrons. The van der Waals surface area contributed by atoms with Crippen LogP contribution in [0.3, 0.4) is 0 Å². The third kappa shape index (κ3) is 5.60. The van der Waals surface area contributed by atoms with Crippen molar-refractivity contribution in [1.29, 1.82) is 0 Å². The van der Waals surface area contributed by atoms with E-state index in [2.05, 4.69) is 32.2 Å². The van der Waals surface area contributed by atoms with Gasteiger partial charge < -0.3 is 5.32 Å². The van der Waals surface area contributed by atoms with Crippen molar-refractivity contribution in [3.05, 3.63) is 78.9 Å². The van der Waals surface area contributed by atoms with Gasteiger partial charge in [-0.2, -0.15) is 18.3 Å². The molecule has 0 aliphatic rings. The highest BCUT2D eigenvalue weighted by atomic mass is 32.2. The van der Waals surface area contributed by atoms with Gasteiger partial charge in [-0.3, -0.25) is 9.36 Å². The van der Waals surface area contributed by atoms with Gasteiger partial charge in [-0.05, 0) is 31.2 Å². The largest absolute Gasteiger partial charge is 0.416 e. The Labute approximate surface area is 202 Å². The van der Waals surface area contributed by atoms with Crippen LogP contribution in [-0.4, -0.2) is 41.2 Å². The molecule has 180 valence electrons. The Hall–Kier alpha value is -3.93. The summed E-state index contributed by atoms with van der Waals surface area (Å²) in [6, 6.07) is 10.8. The first-order valence-electron chi connectivity index (χ1n) is 10.4. The van der Waals surface area contributed by atoms with E-state index in [9.17, 15) is 18.0 Å². The zero-order chi connectivity index (χ0) is 25.0. The van der Waals surface area contributed by atoms with E-state index in [1.807, 2.05) is 35.8 Å². The molecule has 0 aliphatic carbocycles. The number of aromatic nitrogens is 6. The van der Waals surface area contributed by atoms with Crippen LogP contribution in [0.1, 0.15) is 11.1 Å². The lowest BCUT2D eigenvalue weighted by molar-refractivity contribution is -0.137. The molecule has 4 rings (SSSR count). The molecule has 8 nitrogen and oxygen atoms in total. The third-order valence-corrected chi connectivity index (χ3v) is 5.87. The van der Waals surface area contributed by atoms with Crippen LogP contribution in [0.15, 0.2) is 72.9 Å². The van der Waals surface area contributed by atoms with Crippen molar-refractivity contribution >= 4 is 23.4 Å². The minimum Gasteiger partial charge on any atom is -0.323 e. The number of carbonyl (C=O) groups is 1. The van der Waals surface area contributed by atoms with E-state index >= 15 is 0 Å². The van der Waals surface area contributed by atoms with Crippen molar-refractivity contribution in [2.45, 2.75) is 24.8 Å². The molecule has 0 saturated heterocycles. The summed E-state index contributed by atoms with van der Waals surface area (Å²) in [5.41, 5.74) is 1.26. The standard InChI is InChI=1S/C23H20F3N7OS/c1-3-9-32-21(16-6-4-5-15(2)10-16)30-31-22(32)35-12-20(34)29-18-11-17(23(24,25)26)7-8-19(18)33-14-27-13-28-33/h3-8,10-11,13-14H,1,9,12H2,2H3,(H,29,34). The first-order valence-corrected chi connectivity index (χ1v) is 11.3. The average Bonchev–Trinajstić information content (AvgIpc) is 3.48. The number of rotatable bonds is 8. The van der Waals surface area contributed by atoms with Gasteiger partial charge in [0.1, 0.15) is 12.7 Å². The SMILES string of the molecule is C=CCn1c(SCC(=O)Nc2cc(C(F)(F)F)ccc2-n2cncn2)nnc1-c1cccc(C)c1. The summed E-state index contributed by atoms with van der Waals surface area (Å²) < 4.78 is 42.9. The first kappa shape index (κ1) is 24.2. The number of nitrogens with one attached hydrogen (secondary N) is 1. The number of allylic oxidation sites excluding steroid dienone is 1. The molecular weight excluding hydrogens is 479 g/mol. The topological polar surface area (TPSA) is 90.5 Å². The summed E-state index contributed by atoms with van der Waals surface area (Å²) >= 11 is 1.12. The van der Waals surface area contributed by atoms with Crippen LogP contribution < -0.4 is 5.32 Å². The van der Waals surface area contributed by atoms with Crippen LogP contribution in [0.25, 0.3) is 17.1 Å². The van der Waals surface area contributed by atoms with E-state index in [0.29, 0.717) is 17.5 Å². The van der Waals surface area contributed by atoms with Crippen LogP contribution in [-0.2, 0) is 17.5 Å². The predicted molar refractivity (Wildman–Crippen MR) is 126 cm³/mol. The van der Waals surface area contributed by atoms with E-state index in [1.165, 1.54) is 23.4 Å². The predicted octanol–water partition coefficient (Wildman–Crippen LogP) is 4.77. The number of nitrogens with zero attached hydrogens (tertiary/aromatic N) is 6. The van der Waals surface area contributed by atoms with Gasteiger partial charge in [0.15, 0.2) is 11.0 Å². The first-order chi connectivity index (χ1) is 16.8. The minimum atomic E-state index is -4.57. The van der Waals surface area contributed by atoms with Crippen molar-refractivity contribution in [2.24, 2.45) is 0 Å². The van der Waals surface area contributed by atoms with Gasteiger partial charge in [-0.25, -0.2) is 9.67 Å². The molecule has 2 aromatic heterocycles. The van der Waals surface area contributed by atoms with Crippen LogP contribution in [0, 0.1) is 6.92 Å². The number of thioether (sulfide) groups is 1. The molecule has 2 heterocycles. The number of hydrogen-bond donors (Lipinski definition) is 1. The van der Waals surface area contributed by atoms with Crippen LogP contribution >= 0.6 is 11.8 Å². The molecule has 35 heavy (non-hydrogen) atoms. The minimum absolute atomic E-state index is 0.0380. The molecule has 1 amide bonds. The van der Waals surface area contributed by atoms with Gasteiger partial charge in [0.05, 0.1) is 22.7 Å². The Morgan fingerprint density at radius 3 is 2.71 bits per heavy atom. The number of carbonyl (C=O) groups excluding carboxylic acids is 1. The lowest BCUT2D eigenvalue weighted by Gasteiger charge is -2.14. The Balaban J connectivity index is 1.54. The number of benzene rings is 2. The normalized spacial score (nSPS) is 11.4. The number of alkyl halides is 3. The van der Waals surface area contributed by atoms with Crippen LogP contribution in [0.2, 0.25) is 0 Å². The highest BCUT2D eigenvalue weighted by Gasteiger charge is 2.31. The molecule has 0 saturated carbocycles. The molecule has 0 atom stereocenters. The Morgan fingerprint density at radius 1 is 1.20 bits per heavy atom. The number of anilines is 1. The smallest absolute Gasteiger partial charge is 0.323 e. The van der Waals surface area contributed by atoms with E-state index in [1.54, 1.807) is 6.08 Å². The maximum absolute atomic E-state index is 13.3. The van der Waals surface area contributed by atoms with Crippen LogP contribution in [0.5, 0.6) is 0 Å². The zero-order valence-corrected chi connectivity index (χ0v) is 19.3. The molecule has 4 aromatic rings. The molecule has 0 spiro atoms. The molecule has 12 heteroatoms. The molecule has 0 fully saturated rings. The van der Waals surface area contributed by atoms with Crippen molar-refractivity contribution in [1.82, 2.24) is 29.5 Å². The van der Waals surface area contributed by atoms with E-state index < -0.39 is 17.6 Å². The molecule has 1 N–H and O–H groups in total. The van der Waals surface area contributed by atoms with Gasteiger partial charge >= 0.3 is 6.18 Å². The summed E-state index contributed by atoms with van der Waals surface area (Å²) in [6.45, 7) is 6.16. The quantitative estimate of drug-likeness (QED) is 0.278. The maximum atomic E-state index is 13.3. The van der Waals surface area contributed by atoms with E-state index in [0.717, 1.165) is 35.0 Å². The molecular formula is C23H20F3N7OS. The zero-order valence-electron chi connectivity index (χ0n) is 18.5. The van der Waals surface area contributed by atoms with Crippen LogP contribution in [0.4, 0.5) is 18.9 Å². The number of amides is 1. The van der Waals surface area contributed by atoms with Crippen molar-refractivity contribution in [3.63, 3.8) is 0 Å². The average molecular weight is 500 g/mol. The summed E-state index contributed by atoms with van der Waals surface area (Å²) in [7, 11) is 0. The van der Waals surface area contributed by atoms with Crippen molar-refractivity contribution in [2.75, 3.05) is 11.1 Å². The summed E-state index contributed by atoms with van der Waals surface area (Å²) in [4.78, 5) is 16.5. The van der Waals surface area contributed by atoms with Gasteiger partial charge in [-0.1, -0.05) is 41.6 Å².